The van der Waals surface area contributed by atoms with Crippen LogP contribution in [-0.4, -0.2) is 29.8 Å². The van der Waals surface area contributed by atoms with Crippen LogP contribution in [-0.2, 0) is 0 Å². The highest BCUT2D eigenvalue weighted by Crippen LogP contribution is 2.30. The van der Waals surface area contributed by atoms with Crippen LogP contribution in [0.15, 0.2) is 0 Å². The number of hydrogen-bond donors (Lipinski definition) is 3. The van der Waals surface area contributed by atoms with E-state index in [0.717, 1.165) is 18.3 Å². The van der Waals surface area contributed by atoms with Crippen LogP contribution < -0.4 is 11.1 Å². The zero-order chi connectivity index (χ0) is 12.8. The average Bonchev–Trinajstić information content (AvgIpc) is 2.24. The highest BCUT2D eigenvalue weighted by molar-refractivity contribution is 4.84. The van der Waals surface area contributed by atoms with Gasteiger partial charge < -0.3 is 16.2 Å². The molecule has 0 spiro atoms. The molecule has 0 aromatic heterocycles. The second-order valence-corrected chi connectivity index (χ2v) is 6.03. The van der Waals surface area contributed by atoms with Crippen LogP contribution in [0.4, 0.5) is 0 Å². The first kappa shape index (κ1) is 14.9. The molecule has 0 aliphatic heterocycles. The van der Waals surface area contributed by atoms with Gasteiger partial charge in [0.1, 0.15) is 0 Å². The van der Waals surface area contributed by atoms with Crippen molar-refractivity contribution in [3.63, 3.8) is 0 Å². The maximum atomic E-state index is 9.39. The molecule has 1 rings (SSSR count). The van der Waals surface area contributed by atoms with Gasteiger partial charge in [-0.25, -0.2) is 0 Å². The normalized spacial score (nSPS) is 30.9. The molecule has 1 saturated carbocycles. The molecule has 0 aromatic rings. The Morgan fingerprint density at radius 2 is 2.06 bits per heavy atom. The summed E-state index contributed by atoms with van der Waals surface area (Å²) >= 11 is 0. The maximum absolute atomic E-state index is 9.39. The first-order valence-electron chi connectivity index (χ1n) is 7.17. The van der Waals surface area contributed by atoms with E-state index in [-0.39, 0.29) is 6.10 Å². The average molecular weight is 242 g/mol. The highest BCUT2D eigenvalue weighted by Gasteiger charge is 2.26. The van der Waals surface area contributed by atoms with Gasteiger partial charge in [0, 0.05) is 18.6 Å². The monoisotopic (exact) mass is 242 g/mol. The van der Waals surface area contributed by atoms with Gasteiger partial charge in [-0.15, -0.1) is 0 Å². The summed E-state index contributed by atoms with van der Waals surface area (Å²) in [5.74, 6) is 1.57. The van der Waals surface area contributed by atoms with Crippen molar-refractivity contribution in [2.45, 2.75) is 71.1 Å². The highest BCUT2D eigenvalue weighted by atomic mass is 16.3. The van der Waals surface area contributed by atoms with E-state index in [9.17, 15) is 5.11 Å². The molecule has 5 atom stereocenters. The zero-order valence-electron chi connectivity index (χ0n) is 11.7. The molecule has 0 heterocycles. The summed E-state index contributed by atoms with van der Waals surface area (Å²) in [5.41, 5.74) is 5.90. The molecule has 5 unspecified atom stereocenters. The molecule has 1 aliphatic rings. The van der Waals surface area contributed by atoms with Gasteiger partial charge in [0.2, 0.25) is 0 Å². The number of nitrogens with two attached hydrogens (primary N) is 1. The third kappa shape index (κ3) is 5.36. The molecule has 0 aromatic carbocycles. The molecule has 3 nitrogen and oxygen atoms in total. The van der Waals surface area contributed by atoms with Crippen LogP contribution in [0.3, 0.4) is 0 Å². The minimum Gasteiger partial charge on any atom is -0.393 e. The molecule has 0 radical (unpaired) electrons. The third-order valence-electron chi connectivity index (χ3n) is 3.99. The van der Waals surface area contributed by atoms with Crippen LogP contribution in [0.2, 0.25) is 0 Å². The quantitative estimate of drug-likeness (QED) is 0.666. The fraction of sp³-hybridized carbons (Fsp3) is 1.00. The van der Waals surface area contributed by atoms with Crippen molar-refractivity contribution >= 4 is 0 Å². The summed E-state index contributed by atoms with van der Waals surface area (Å²) in [6.45, 7) is 7.04. The second kappa shape index (κ2) is 7.34. The van der Waals surface area contributed by atoms with E-state index in [0.29, 0.717) is 18.6 Å². The summed E-state index contributed by atoms with van der Waals surface area (Å²) in [5, 5.41) is 13.0. The lowest BCUT2D eigenvalue weighted by molar-refractivity contribution is 0.156. The van der Waals surface area contributed by atoms with Crippen molar-refractivity contribution in [3.05, 3.63) is 0 Å². The molecule has 0 amide bonds. The van der Waals surface area contributed by atoms with E-state index >= 15 is 0 Å². The van der Waals surface area contributed by atoms with Crippen LogP contribution in [0.5, 0.6) is 0 Å². The van der Waals surface area contributed by atoms with E-state index in [1.54, 1.807) is 0 Å². The lowest BCUT2D eigenvalue weighted by Gasteiger charge is -2.35. The Hall–Kier alpha value is -0.120. The fourth-order valence-corrected chi connectivity index (χ4v) is 3.19. The molecule has 1 fully saturated rings. The molecular formula is C14H30N2O. The number of rotatable bonds is 6. The van der Waals surface area contributed by atoms with E-state index < -0.39 is 0 Å². The summed E-state index contributed by atoms with van der Waals surface area (Å²) in [6, 6.07) is 0.771. The molecule has 4 N–H and O–H groups in total. The summed E-state index contributed by atoms with van der Waals surface area (Å²) in [4.78, 5) is 0. The minimum absolute atomic E-state index is 0.235. The van der Waals surface area contributed by atoms with Gasteiger partial charge >= 0.3 is 0 Å². The predicted molar refractivity (Wildman–Crippen MR) is 72.9 cm³/mol. The van der Waals surface area contributed by atoms with E-state index in [2.05, 4.69) is 19.2 Å². The van der Waals surface area contributed by atoms with Gasteiger partial charge in [0.15, 0.2) is 0 Å². The first-order valence-corrected chi connectivity index (χ1v) is 7.17. The SMILES string of the molecule is CC(O)CC(C)NC(CN)C1CCCC(C)C1. The number of aliphatic hydroxyl groups is 1. The van der Waals surface area contributed by atoms with Gasteiger partial charge in [-0.05, 0) is 44.9 Å². The zero-order valence-corrected chi connectivity index (χ0v) is 11.7. The lowest BCUT2D eigenvalue weighted by atomic mass is 9.78. The van der Waals surface area contributed by atoms with Crippen molar-refractivity contribution in [1.29, 1.82) is 0 Å². The topological polar surface area (TPSA) is 58.3 Å². The summed E-state index contributed by atoms with van der Waals surface area (Å²) < 4.78 is 0. The molecule has 1 aliphatic carbocycles. The van der Waals surface area contributed by atoms with Crippen molar-refractivity contribution in [3.8, 4) is 0 Å². The Labute approximate surface area is 106 Å². The Balaban J connectivity index is 2.41. The standard InChI is InChI=1S/C14H30N2O/c1-10-5-4-6-13(7-10)14(9-15)16-11(2)8-12(3)17/h10-14,16-17H,4-9,15H2,1-3H3. The Morgan fingerprint density at radius 3 is 2.59 bits per heavy atom. The Morgan fingerprint density at radius 1 is 1.35 bits per heavy atom. The van der Waals surface area contributed by atoms with E-state index in [1.165, 1.54) is 25.7 Å². The smallest absolute Gasteiger partial charge is 0.0526 e. The fourth-order valence-electron chi connectivity index (χ4n) is 3.19. The van der Waals surface area contributed by atoms with E-state index in [1.807, 2.05) is 6.92 Å². The molecule has 0 bridgehead atoms. The van der Waals surface area contributed by atoms with Gasteiger partial charge in [0.25, 0.3) is 0 Å². The molecule has 17 heavy (non-hydrogen) atoms. The molecule has 0 saturated heterocycles. The largest absolute Gasteiger partial charge is 0.393 e. The lowest BCUT2D eigenvalue weighted by Crippen LogP contribution is -2.48. The van der Waals surface area contributed by atoms with Crippen LogP contribution in [0.1, 0.15) is 52.9 Å². The van der Waals surface area contributed by atoms with E-state index in [4.69, 9.17) is 5.73 Å². The maximum Gasteiger partial charge on any atom is 0.0526 e. The number of nitrogens with one attached hydrogen (secondary N) is 1. The Kier molecular flexibility index (Phi) is 6.45. The molecule has 102 valence electrons. The van der Waals surface area contributed by atoms with Crippen molar-refractivity contribution in [1.82, 2.24) is 5.32 Å². The van der Waals surface area contributed by atoms with Gasteiger partial charge in [-0.2, -0.15) is 0 Å². The predicted octanol–water partition coefficient (Wildman–Crippen LogP) is 1.89. The summed E-state index contributed by atoms with van der Waals surface area (Å²) in [6.07, 6.45) is 5.89. The van der Waals surface area contributed by atoms with Crippen LogP contribution in [0.25, 0.3) is 0 Å². The van der Waals surface area contributed by atoms with Gasteiger partial charge in [-0.1, -0.05) is 19.8 Å². The van der Waals surface area contributed by atoms with Crippen LogP contribution in [0, 0.1) is 11.8 Å². The third-order valence-corrected chi connectivity index (χ3v) is 3.99. The molecule has 3 heteroatoms. The Bertz CT molecular complexity index is 208. The number of hydrogen-bond acceptors (Lipinski definition) is 3. The first-order chi connectivity index (χ1) is 8.02. The molecular weight excluding hydrogens is 212 g/mol. The van der Waals surface area contributed by atoms with Crippen molar-refractivity contribution in [2.24, 2.45) is 17.6 Å². The second-order valence-electron chi connectivity index (χ2n) is 6.03. The number of aliphatic hydroxyl groups excluding tert-OH is 1. The van der Waals surface area contributed by atoms with Gasteiger partial charge in [0.05, 0.1) is 6.10 Å². The minimum atomic E-state index is -0.235. The van der Waals surface area contributed by atoms with Crippen LogP contribution >= 0.6 is 0 Å². The van der Waals surface area contributed by atoms with Crippen molar-refractivity contribution in [2.75, 3.05) is 6.54 Å². The van der Waals surface area contributed by atoms with Crippen molar-refractivity contribution < 1.29 is 5.11 Å². The summed E-state index contributed by atoms with van der Waals surface area (Å²) in [7, 11) is 0. The van der Waals surface area contributed by atoms with Gasteiger partial charge in [-0.3, -0.25) is 0 Å².